The van der Waals surface area contributed by atoms with Crippen molar-refractivity contribution < 1.29 is 33.8 Å². The molecule has 2 atom stereocenters. The van der Waals surface area contributed by atoms with E-state index >= 15 is 0 Å². The first-order chi connectivity index (χ1) is 16.4. The summed E-state index contributed by atoms with van der Waals surface area (Å²) in [5.74, 6) is -1.88. The summed E-state index contributed by atoms with van der Waals surface area (Å²) in [4.78, 5) is 40.7. The van der Waals surface area contributed by atoms with Crippen LogP contribution < -0.4 is 10.8 Å². The number of hydrogen-bond acceptors (Lipinski definition) is 6. The summed E-state index contributed by atoms with van der Waals surface area (Å²) in [5.41, 5.74) is 6.62. The van der Waals surface area contributed by atoms with Crippen molar-refractivity contribution in [3.8, 4) is 11.1 Å². The number of ether oxygens (including phenoxy) is 2. The quantitative estimate of drug-likeness (QED) is 0.407. The van der Waals surface area contributed by atoms with E-state index in [2.05, 4.69) is 22.9 Å². The summed E-state index contributed by atoms with van der Waals surface area (Å²) in [6, 6.07) is 15.6. The minimum atomic E-state index is -1.33. The van der Waals surface area contributed by atoms with Gasteiger partial charge in [-0.15, -0.1) is 0 Å². The van der Waals surface area contributed by atoms with Crippen LogP contribution in [0.15, 0.2) is 48.5 Å². The van der Waals surface area contributed by atoms with Crippen molar-refractivity contribution in [2.45, 2.75) is 44.2 Å². The molecule has 9 nitrogen and oxygen atoms in total. The van der Waals surface area contributed by atoms with Crippen LogP contribution in [0, 0.1) is 0 Å². The molecule has 1 aliphatic rings. The average molecular weight is 471 g/mol. The lowest BCUT2D eigenvalue weighted by Crippen LogP contribution is -2.42. The number of amides is 2. The molecule has 0 aliphatic heterocycles. The Morgan fingerprint density at radius 1 is 1.03 bits per heavy atom. The van der Waals surface area contributed by atoms with Gasteiger partial charge in [-0.05, 0) is 28.7 Å². The first-order valence-corrected chi connectivity index (χ1v) is 11.2. The molecule has 182 valence electrons. The molecule has 2 aromatic rings. The highest BCUT2D eigenvalue weighted by Gasteiger charge is 2.29. The Labute approximate surface area is 198 Å². The Hall–Kier alpha value is -3.43. The molecule has 0 aromatic heterocycles. The molecule has 34 heavy (non-hydrogen) atoms. The normalized spacial score (nSPS) is 13.9. The number of carboxylic acid groups (broad SMARTS) is 1. The van der Waals surface area contributed by atoms with E-state index in [-0.39, 0.29) is 25.6 Å². The number of nitrogens with one attached hydrogen (secondary N) is 2. The van der Waals surface area contributed by atoms with Gasteiger partial charge in [0.2, 0.25) is 12.0 Å². The summed E-state index contributed by atoms with van der Waals surface area (Å²) in [5, 5.41) is 11.8. The highest BCUT2D eigenvalue weighted by atomic mass is 16.7. The smallest absolute Gasteiger partial charge is 0.407 e. The Bertz CT molecular complexity index is 965. The molecule has 2 amide bonds. The van der Waals surface area contributed by atoms with Crippen LogP contribution in [-0.2, 0) is 23.9 Å². The largest absolute Gasteiger partial charge is 0.479 e. The summed E-state index contributed by atoms with van der Waals surface area (Å²) < 4.78 is 10.3. The molecule has 2 aromatic carbocycles. The van der Waals surface area contributed by atoms with Crippen LogP contribution in [0.25, 0.3) is 11.1 Å². The second kappa shape index (κ2) is 12.2. The number of methoxy groups -OCH3 is 1. The zero-order chi connectivity index (χ0) is 24.5. The fourth-order valence-electron chi connectivity index (χ4n) is 4.09. The van der Waals surface area contributed by atoms with Crippen molar-refractivity contribution in [2.75, 3.05) is 20.3 Å². The predicted molar refractivity (Wildman–Crippen MR) is 124 cm³/mol. The zero-order valence-corrected chi connectivity index (χ0v) is 19.3. The van der Waals surface area contributed by atoms with Gasteiger partial charge in [0.15, 0.2) is 0 Å². The number of carboxylic acids is 1. The SMILES string of the molecule is CCCC(CC(=O)NOC(COC)C(=O)O)NC(=O)OCC1c2ccccc2-c2ccccc21. The Kier molecular flexibility index (Phi) is 9.00. The molecule has 0 saturated heterocycles. The molecule has 9 heteroatoms. The summed E-state index contributed by atoms with van der Waals surface area (Å²) in [6.07, 6.45) is -0.760. The Morgan fingerprint density at radius 3 is 2.21 bits per heavy atom. The molecule has 3 rings (SSSR count). The lowest BCUT2D eigenvalue weighted by Gasteiger charge is -2.20. The maximum Gasteiger partial charge on any atom is 0.407 e. The van der Waals surface area contributed by atoms with Crippen molar-refractivity contribution in [1.82, 2.24) is 10.8 Å². The van der Waals surface area contributed by atoms with E-state index in [1.165, 1.54) is 7.11 Å². The number of carbonyl (C=O) groups excluding carboxylic acids is 2. The third-order valence-electron chi connectivity index (χ3n) is 5.64. The number of hydrogen-bond donors (Lipinski definition) is 3. The first-order valence-electron chi connectivity index (χ1n) is 11.2. The van der Waals surface area contributed by atoms with E-state index in [0.29, 0.717) is 6.42 Å². The van der Waals surface area contributed by atoms with Crippen LogP contribution in [0.4, 0.5) is 4.79 Å². The standard InChI is InChI=1S/C25H30N2O7/c1-3-8-16(13-23(28)27-34-22(15-32-2)24(29)30)26-25(31)33-14-21-19-11-6-4-9-17(19)18-10-5-7-12-20(18)21/h4-7,9-12,16,21-22H,3,8,13-15H2,1-2H3,(H,26,31)(H,27,28)(H,29,30). The van der Waals surface area contributed by atoms with Crippen molar-refractivity contribution in [2.24, 2.45) is 0 Å². The van der Waals surface area contributed by atoms with Gasteiger partial charge in [-0.1, -0.05) is 61.9 Å². The van der Waals surface area contributed by atoms with Crippen molar-refractivity contribution >= 4 is 18.0 Å². The molecular formula is C25H30N2O7. The highest BCUT2D eigenvalue weighted by molar-refractivity contribution is 5.79. The third-order valence-corrected chi connectivity index (χ3v) is 5.64. The van der Waals surface area contributed by atoms with Gasteiger partial charge in [0.25, 0.3) is 0 Å². The number of benzene rings is 2. The van der Waals surface area contributed by atoms with Crippen LogP contribution in [0.5, 0.6) is 0 Å². The van der Waals surface area contributed by atoms with Crippen molar-refractivity contribution in [3.63, 3.8) is 0 Å². The molecule has 0 spiro atoms. The molecule has 0 fully saturated rings. The lowest BCUT2D eigenvalue weighted by atomic mass is 9.98. The van der Waals surface area contributed by atoms with E-state index in [4.69, 9.17) is 19.4 Å². The second-order valence-corrected chi connectivity index (χ2v) is 8.08. The van der Waals surface area contributed by atoms with Gasteiger partial charge >= 0.3 is 12.1 Å². The van der Waals surface area contributed by atoms with Gasteiger partial charge in [-0.25, -0.2) is 15.1 Å². The second-order valence-electron chi connectivity index (χ2n) is 8.08. The van der Waals surface area contributed by atoms with E-state index in [9.17, 15) is 14.4 Å². The van der Waals surface area contributed by atoms with Gasteiger partial charge in [-0.3, -0.25) is 9.63 Å². The number of alkyl carbamates (subject to hydrolysis) is 1. The Morgan fingerprint density at radius 2 is 1.65 bits per heavy atom. The third kappa shape index (κ3) is 6.33. The zero-order valence-electron chi connectivity index (χ0n) is 19.3. The molecular weight excluding hydrogens is 440 g/mol. The Balaban J connectivity index is 1.54. The predicted octanol–water partition coefficient (Wildman–Crippen LogP) is 3.23. The number of fused-ring (bicyclic) bond motifs is 3. The van der Waals surface area contributed by atoms with Crippen molar-refractivity contribution in [3.05, 3.63) is 59.7 Å². The minimum Gasteiger partial charge on any atom is -0.479 e. The van der Waals surface area contributed by atoms with Crippen LogP contribution in [0.1, 0.15) is 43.2 Å². The maximum atomic E-state index is 12.5. The van der Waals surface area contributed by atoms with Gasteiger partial charge in [-0.2, -0.15) is 0 Å². The lowest BCUT2D eigenvalue weighted by molar-refractivity contribution is -0.165. The molecule has 0 bridgehead atoms. The highest BCUT2D eigenvalue weighted by Crippen LogP contribution is 2.44. The van der Waals surface area contributed by atoms with E-state index in [0.717, 1.165) is 28.7 Å². The molecule has 3 N–H and O–H groups in total. The van der Waals surface area contributed by atoms with E-state index in [1.807, 2.05) is 43.3 Å². The monoisotopic (exact) mass is 470 g/mol. The maximum absolute atomic E-state index is 12.5. The summed E-state index contributed by atoms with van der Waals surface area (Å²) in [6.45, 7) is 1.89. The fraction of sp³-hybridized carbons (Fsp3) is 0.400. The number of hydroxylamine groups is 1. The van der Waals surface area contributed by atoms with Gasteiger partial charge < -0.3 is 19.9 Å². The molecule has 0 radical (unpaired) electrons. The number of carbonyl (C=O) groups is 3. The van der Waals surface area contributed by atoms with Crippen LogP contribution >= 0.6 is 0 Å². The minimum absolute atomic E-state index is 0.0618. The van der Waals surface area contributed by atoms with Gasteiger partial charge in [0, 0.05) is 25.5 Å². The number of rotatable bonds is 12. The molecule has 2 unspecified atom stereocenters. The summed E-state index contributed by atoms with van der Waals surface area (Å²) >= 11 is 0. The molecule has 1 aliphatic carbocycles. The van der Waals surface area contributed by atoms with E-state index in [1.54, 1.807) is 0 Å². The summed E-state index contributed by atoms with van der Waals surface area (Å²) in [7, 11) is 1.33. The first kappa shape index (κ1) is 25.2. The average Bonchev–Trinajstić information content (AvgIpc) is 3.14. The topological polar surface area (TPSA) is 123 Å². The number of aliphatic carboxylic acids is 1. The van der Waals surface area contributed by atoms with Crippen molar-refractivity contribution in [1.29, 1.82) is 0 Å². The van der Waals surface area contributed by atoms with Gasteiger partial charge in [0.05, 0.1) is 6.61 Å². The van der Waals surface area contributed by atoms with E-state index < -0.39 is 30.1 Å². The van der Waals surface area contributed by atoms with Gasteiger partial charge in [0.1, 0.15) is 6.61 Å². The molecule has 0 heterocycles. The van der Waals surface area contributed by atoms with Crippen LogP contribution in [0.2, 0.25) is 0 Å². The van der Waals surface area contributed by atoms with Crippen LogP contribution in [-0.4, -0.2) is 55.5 Å². The van der Waals surface area contributed by atoms with Crippen LogP contribution in [0.3, 0.4) is 0 Å². The fourth-order valence-corrected chi connectivity index (χ4v) is 4.09. The molecule has 0 saturated carbocycles.